The average Bonchev–Trinajstić information content (AvgIpc) is 1.34. The standard InChI is InChI=1S/C64H94F3N7O18/c1-48(2)63(13-11-53(42-63)71-62(79)92-47-49-8-5-4-6-9-49)61(78)74-45-51-40-52(64(65,66)67)44-70-58(51)55(46-74)72-56(75)12-16-80-18-20-82-22-24-84-26-28-86-30-32-88-34-36-90-38-39-91-37-35-89-33-31-87-29-27-85-25-23-83-21-19-81-17-15-69-60(77)54-41-57(76)73(3)59(54)50-10-7-14-68-43-50/h4-10,14,40,43-44,48,53-55,59H,11-13,15-39,41-42,45-47H2,1-3H3,(H,69,77)(H,71,79)(H,72,75)/t53-,54+,55-,59-,63+/m1/s1. The van der Waals surface area contributed by atoms with Gasteiger partial charge >= 0.3 is 12.3 Å². The highest BCUT2D eigenvalue weighted by Crippen LogP contribution is 2.47. The summed E-state index contributed by atoms with van der Waals surface area (Å²) in [6.45, 7) is 13.2. The lowest BCUT2D eigenvalue weighted by Crippen LogP contribution is -2.51. The van der Waals surface area contributed by atoms with Crippen LogP contribution in [0.3, 0.4) is 0 Å². The smallest absolute Gasteiger partial charge is 0.417 e. The van der Waals surface area contributed by atoms with Crippen molar-refractivity contribution < 1.29 is 98.7 Å². The van der Waals surface area contributed by atoms with E-state index in [4.69, 9.17) is 61.6 Å². The molecule has 0 unspecified atom stereocenters. The Balaban J connectivity index is 0.661. The van der Waals surface area contributed by atoms with Gasteiger partial charge in [-0.25, -0.2) is 4.79 Å². The first-order valence-corrected chi connectivity index (χ1v) is 31.6. The first-order chi connectivity index (χ1) is 44.7. The molecule has 0 bridgehead atoms. The fourth-order valence-corrected chi connectivity index (χ4v) is 10.8. The number of nitrogens with zero attached hydrogens (tertiary/aromatic N) is 4. The molecule has 2 aromatic heterocycles. The zero-order valence-electron chi connectivity index (χ0n) is 53.3. The highest BCUT2D eigenvalue weighted by molar-refractivity contribution is 5.90. The van der Waals surface area contributed by atoms with E-state index in [1.54, 1.807) is 30.4 Å². The van der Waals surface area contributed by atoms with E-state index >= 15 is 0 Å². The summed E-state index contributed by atoms with van der Waals surface area (Å²) in [6.07, 6.45) is 0.211. The molecule has 1 saturated carbocycles. The Hall–Kier alpha value is -6.02. The van der Waals surface area contributed by atoms with Gasteiger partial charge in [-0.3, -0.25) is 29.1 Å². The Morgan fingerprint density at radius 2 is 1.17 bits per heavy atom. The normalized spacial score (nSPS) is 19.0. The van der Waals surface area contributed by atoms with E-state index < -0.39 is 41.1 Å². The molecule has 28 heteroatoms. The van der Waals surface area contributed by atoms with Gasteiger partial charge in [0.1, 0.15) is 6.61 Å². The highest BCUT2D eigenvalue weighted by atomic mass is 19.4. The number of carbonyl (C=O) groups excluding carboxylic acids is 5. The Labute approximate surface area is 536 Å². The minimum Gasteiger partial charge on any atom is -0.445 e. The van der Waals surface area contributed by atoms with Crippen LogP contribution in [-0.4, -0.2) is 234 Å². The van der Waals surface area contributed by atoms with Crippen LogP contribution in [0.25, 0.3) is 0 Å². The maximum absolute atomic E-state index is 14.6. The second kappa shape index (κ2) is 42.3. The van der Waals surface area contributed by atoms with Crippen LogP contribution < -0.4 is 16.0 Å². The lowest BCUT2D eigenvalue weighted by Gasteiger charge is -2.41. The van der Waals surface area contributed by atoms with Gasteiger partial charge in [-0.15, -0.1) is 0 Å². The Kier molecular flexibility index (Phi) is 34.5. The van der Waals surface area contributed by atoms with Crippen LogP contribution >= 0.6 is 0 Å². The minimum absolute atomic E-state index is 0.00268. The number of benzene rings is 1. The Morgan fingerprint density at radius 3 is 1.66 bits per heavy atom. The van der Waals surface area contributed by atoms with Crippen molar-refractivity contribution in [2.75, 3.05) is 179 Å². The molecule has 6 rings (SSSR count). The predicted molar refractivity (Wildman–Crippen MR) is 326 cm³/mol. The Bertz CT molecular complexity index is 2600. The number of pyridine rings is 2. The molecule has 1 saturated heterocycles. The number of hydrogen-bond donors (Lipinski definition) is 3. The highest BCUT2D eigenvalue weighted by Gasteiger charge is 2.51. The van der Waals surface area contributed by atoms with Gasteiger partial charge in [0.2, 0.25) is 23.6 Å². The van der Waals surface area contributed by atoms with Crippen molar-refractivity contribution in [2.24, 2.45) is 17.3 Å². The molecule has 1 aromatic carbocycles. The topological polar surface area (TPSA) is 274 Å². The third-order valence-corrected chi connectivity index (χ3v) is 15.7. The lowest BCUT2D eigenvalue weighted by molar-refractivity contribution is -0.147. The quantitative estimate of drug-likeness (QED) is 0.0625. The van der Waals surface area contributed by atoms with Crippen molar-refractivity contribution in [1.29, 1.82) is 0 Å². The summed E-state index contributed by atoms with van der Waals surface area (Å²) in [5, 5.41) is 8.64. The lowest BCUT2D eigenvalue weighted by atomic mass is 9.73. The van der Waals surface area contributed by atoms with Gasteiger partial charge in [0.25, 0.3) is 0 Å². The van der Waals surface area contributed by atoms with Gasteiger partial charge in [0.05, 0.1) is 193 Å². The zero-order valence-corrected chi connectivity index (χ0v) is 53.3. The summed E-state index contributed by atoms with van der Waals surface area (Å²) in [4.78, 5) is 77.1. The monoisotopic (exact) mass is 1310 g/mol. The molecule has 0 spiro atoms. The summed E-state index contributed by atoms with van der Waals surface area (Å²) in [7, 11) is 1.71. The number of rotatable bonds is 47. The maximum atomic E-state index is 14.6. The molecule has 514 valence electrons. The van der Waals surface area contributed by atoms with Crippen LogP contribution in [0.1, 0.15) is 86.0 Å². The summed E-state index contributed by atoms with van der Waals surface area (Å²) < 4.78 is 114. The fraction of sp³-hybridized carbons (Fsp3) is 0.672. The average molecular weight is 1310 g/mol. The van der Waals surface area contributed by atoms with Gasteiger partial charge in [0, 0.05) is 64.2 Å². The van der Waals surface area contributed by atoms with Gasteiger partial charge < -0.3 is 87.3 Å². The number of nitrogens with one attached hydrogen (secondary N) is 3. The number of amides is 5. The molecule has 4 heterocycles. The second-order valence-electron chi connectivity index (χ2n) is 22.5. The van der Waals surface area contributed by atoms with Crippen LogP contribution in [0.5, 0.6) is 0 Å². The molecule has 5 amide bonds. The summed E-state index contributed by atoms with van der Waals surface area (Å²) >= 11 is 0. The number of alkyl carbamates (subject to hydrolysis) is 1. The number of fused-ring (bicyclic) bond motifs is 1. The molecule has 2 fully saturated rings. The van der Waals surface area contributed by atoms with Crippen molar-refractivity contribution in [2.45, 2.75) is 83.4 Å². The van der Waals surface area contributed by atoms with E-state index in [-0.39, 0.29) is 99.3 Å². The van der Waals surface area contributed by atoms with E-state index in [9.17, 15) is 37.1 Å². The summed E-state index contributed by atoms with van der Waals surface area (Å²) in [6, 6.07) is 12.3. The van der Waals surface area contributed by atoms with Gasteiger partial charge in [0.15, 0.2) is 0 Å². The molecular formula is C64H94F3N7O18. The zero-order chi connectivity index (χ0) is 65.7. The van der Waals surface area contributed by atoms with Crippen molar-refractivity contribution in [1.82, 2.24) is 35.7 Å². The second-order valence-corrected chi connectivity index (χ2v) is 22.5. The third-order valence-electron chi connectivity index (χ3n) is 15.7. The van der Waals surface area contributed by atoms with Crippen molar-refractivity contribution in [3.05, 3.63) is 95.1 Å². The Morgan fingerprint density at radius 1 is 0.663 bits per heavy atom. The van der Waals surface area contributed by atoms with E-state index in [0.29, 0.717) is 165 Å². The molecule has 5 atom stereocenters. The molecule has 25 nitrogen and oxygen atoms in total. The number of halogens is 3. The fourth-order valence-electron chi connectivity index (χ4n) is 10.8. The van der Waals surface area contributed by atoms with Crippen molar-refractivity contribution >= 4 is 29.7 Å². The molecule has 2 aliphatic heterocycles. The molecule has 92 heavy (non-hydrogen) atoms. The molecule has 3 N–H and O–H groups in total. The largest absolute Gasteiger partial charge is 0.445 e. The van der Waals surface area contributed by atoms with Crippen molar-refractivity contribution in [3.8, 4) is 0 Å². The number of carbonyl (C=O) groups is 5. The number of hydrogen-bond acceptors (Lipinski definition) is 20. The van der Waals surface area contributed by atoms with E-state index in [1.807, 2.05) is 50.2 Å². The van der Waals surface area contributed by atoms with Crippen LogP contribution in [0, 0.1) is 17.3 Å². The van der Waals surface area contributed by atoms with E-state index in [1.165, 1.54) is 4.90 Å². The predicted octanol–water partition coefficient (Wildman–Crippen LogP) is 5.04. The summed E-state index contributed by atoms with van der Waals surface area (Å²) in [5.74, 6) is -1.59. The van der Waals surface area contributed by atoms with E-state index in [0.717, 1.165) is 23.4 Å². The number of alkyl halides is 3. The van der Waals surface area contributed by atoms with Crippen molar-refractivity contribution in [3.63, 3.8) is 0 Å². The SMILES string of the molecule is CC(C)[C@]1(C(=O)N2Cc3cc(C(F)(F)F)cnc3[C@H](NC(=O)CCOCCOCCOCCOCCOCCOCCOCCOCCOCCOCCOCCOCCNC(=O)[C@H]3CC(=O)N(C)[C@@H]3c3cccnc3)C2)CC[C@@H](NC(=O)OCc2ccccc2)C1. The molecular weight excluding hydrogens is 1210 g/mol. The number of ether oxygens (including phenoxy) is 13. The van der Waals surface area contributed by atoms with Crippen LogP contribution in [0.15, 0.2) is 67.1 Å². The molecule has 3 aliphatic rings. The number of aromatic nitrogens is 2. The van der Waals surface area contributed by atoms with Gasteiger partial charge in [-0.05, 0) is 54.0 Å². The number of likely N-dealkylation sites (tertiary alicyclic amines) is 1. The summed E-state index contributed by atoms with van der Waals surface area (Å²) in [5.41, 5.74) is 0.253. The first-order valence-electron chi connectivity index (χ1n) is 31.6. The van der Waals surface area contributed by atoms with Crippen LogP contribution in [-0.2, 0) is 100 Å². The molecule has 1 aliphatic carbocycles. The van der Waals surface area contributed by atoms with Gasteiger partial charge in [-0.2, -0.15) is 13.2 Å². The van der Waals surface area contributed by atoms with Gasteiger partial charge in [-0.1, -0.05) is 50.2 Å². The minimum atomic E-state index is -4.66. The van der Waals surface area contributed by atoms with E-state index in [2.05, 4.69) is 25.9 Å². The van der Waals surface area contributed by atoms with Crippen LogP contribution in [0.2, 0.25) is 0 Å². The first kappa shape index (κ1) is 75.0. The third kappa shape index (κ3) is 26.8. The molecule has 0 radical (unpaired) electrons. The maximum Gasteiger partial charge on any atom is 0.417 e. The molecule has 3 aromatic rings. The van der Waals surface area contributed by atoms with Crippen LogP contribution in [0.4, 0.5) is 18.0 Å².